The molecule has 0 aliphatic carbocycles. The first-order valence-electron chi connectivity index (χ1n) is 3.40. The maximum atomic E-state index is 9.26. The lowest BCUT2D eigenvalue weighted by atomic mass is 10.2. The van der Waals surface area contributed by atoms with Crippen LogP contribution in [0.1, 0.15) is 0 Å². The molecule has 2 rings (SSSR count). The van der Waals surface area contributed by atoms with Gasteiger partial charge in [0, 0.05) is 11.6 Å². The Labute approximate surface area is 64.7 Å². The molecule has 0 saturated carbocycles. The van der Waals surface area contributed by atoms with Gasteiger partial charge < -0.3 is 0 Å². The van der Waals surface area contributed by atoms with Gasteiger partial charge in [0.05, 0.1) is 0 Å². The predicted octanol–water partition coefficient (Wildman–Crippen LogP) is 1.94. The quantitative estimate of drug-likeness (QED) is 0.553. The van der Waals surface area contributed by atoms with Gasteiger partial charge in [0.2, 0.25) is 0 Å². The molecule has 1 aromatic heterocycles. The summed E-state index contributed by atoms with van der Waals surface area (Å²) in [5, 5.41) is 1.81. The number of nitrogens with zero attached hydrogens (tertiary/aromatic N) is 2. The van der Waals surface area contributed by atoms with Gasteiger partial charge in [-0.1, -0.05) is 24.3 Å². The van der Waals surface area contributed by atoms with E-state index in [1.807, 2.05) is 30.3 Å². The third-order valence-electron chi connectivity index (χ3n) is 1.65. The molecule has 11 heavy (non-hydrogen) atoms. The fraction of sp³-hybridized carbons (Fsp3) is 0. The Morgan fingerprint density at radius 3 is 2.73 bits per heavy atom. The van der Waals surface area contributed by atoms with Crippen molar-refractivity contribution in [3.05, 3.63) is 36.5 Å². The Morgan fingerprint density at radius 2 is 1.91 bits per heavy atom. The van der Waals surface area contributed by atoms with E-state index in [0.29, 0.717) is 0 Å². The maximum absolute atomic E-state index is 9.26. The first-order valence-corrected chi connectivity index (χ1v) is 3.40. The summed E-state index contributed by atoms with van der Waals surface area (Å²) in [6, 6.07) is 9.47. The van der Waals surface area contributed by atoms with Crippen molar-refractivity contribution >= 4 is 16.6 Å². The summed E-state index contributed by atoms with van der Waals surface area (Å²) < 4.78 is 0. The third-order valence-corrected chi connectivity index (χ3v) is 1.65. The van der Waals surface area contributed by atoms with Crippen LogP contribution >= 0.6 is 0 Å². The molecule has 0 saturated heterocycles. The summed E-state index contributed by atoms with van der Waals surface area (Å²) in [7, 11) is 0. The summed E-state index contributed by atoms with van der Waals surface area (Å²) in [6.07, 6.45) is 1.59. The number of hydrogen-bond acceptors (Lipinski definition) is 1. The van der Waals surface area contributed by atoms with E-state index in [2.05, 4.69) is 4.98 Å². The highest BCUT2D eigenvalue weighted by Crippen LogP contribution is 2.17. The Bertz CT molecular complexity index is 377. The average Bonchev–Trinajstić information content (AvgIpc) is 2.06. The molecule has 2 radical (unpaired) electrons. The topological polar surface area (TPSA) is 35.2 Å². The van der Waals surface area contributed by atoms with Crippen LogP contribution in [0.25, 0.3) is 10.8 Å². The molecule has 0 unspecified atom stereocenters. The van der Waals surface area contributed by atoms with Crippen molar-refractivity contribution in [1.82, 2.24) is 10.7 Å². The standard InChI is InChI=1S/C9H6N2/c10-9-8-4-2-1-3-7(8)5-6-11-9/h1-6H. The van der Waals surface area contributed by atoms with Gasteiger partial charge in [-0.2, -0.15) is 0 Å². The Balaban J connectivity index is 2.91. The van der Waals surface area contributed by atoms with Crippen LogP contribution in [-0.4, -0.2) is 4.98 Å². The molecule has 1 aromatic carbocycles. The Morgan fingerprint density at radius 1 is 1.09 bits per heavy atom. The zero-order chi connectivity index (χ0) is 7.68. The summed E-state index contributed by atoms with van der Waals surface area (Å²) in [6.45, 7) is 0. The molecule has 52 valence electrons. The van der Waals surface area contributed by atoms with E-state index in [1.165, 1.54) is 0 Å². The average molecular weight is 142 g/mol. The van der Waals surface area contributed by atoms with Crippen molar-refractivity contribution in [2.75, 3.05) is 0 Å². The second-order valence-electron chi connectivity index (χ2n) is 2.36. The number of fused-ring (bicyclic) bond motifs is 1. The molecule has 0 aliphatic heterocycles. The number of aromatic nitrogens is 1. The van der Waals surface area contributed by atoms with Crippen LogP contribution in [0.15, 0.2) is 36.5 Å². The minimum atomic E-state index is 0.100. The highest BCUT2D eigenvalue weighted by molar-refractivity contribution is 5.89. The van der Waals surface area contributed by atoms with Crippen LogP contribution in [0.3, 0.4) is 0 Å². The van der Waals surface area contributed by atoms with Crippen molar-refractivity contribution in [2.24, 2.45) is 0 Å². The van der Waals surface area contributed by atoms with Crippen LogP contribution in [-0.2, 0) is 0 Å². The third kappa shape index (κ3) is 0.923. The van der Waals surface area contributed by atoms with Crippen LogP contribution in [0, 0.1) is 0 Å². The van der Waals surface area contributed by atoms with Crippen LogP contribution in [0.4, 0.5) is 5.82 Å². The van der Waals surface area contributed by atoms with Crippen molar-refractivity contribution in [2.45, 2.75) is 0 Å². The molecule has 0 amide bonds. The molecule has 0 bridgehead atoms. The predicted molar refractivity (Wildman–Crippen MR) is 43.5 cm³/mol. The molecule has 0 spiro atoms. The smallest absolute Gasteiger partial charge is 0.182 e. The van der Waals surface area contributed by atoms with Crippen LogP contribution < -0.4 is 5.73 Å². The van der Waals surface area contributed by atoms with Crippen molar-refractivity contribution in [3.8, 4) is 0 Å². The lowest BCUT2D eigenvalue weighted by molar-refractivity contribution is 1.28. The van der Waals surface area contributed by atoms with Crippen LogP contribution in [0.2, 0.25) is 0 Å². The van der Waals surface area contributed by atoms with Gasteiger partial charge in [-0.3, -0.25) is 0 Å². The molecule has 0 atom stereocenters. The number of benzene rings is 1. The normalized spacial score (nSPS) is 10.2. The van der Waals surface area contributed by atoms with Crippen LogP contribution in [0.5, 0.6) is 0 Å². The zero-order valence-corrected chi connectivity index (χ0v) is 5.86. The van der Waals surface area contributed by atoms with E-state index in [4.69, 9.17) is 0 Å². The fourth-order valence-corrected chi connectivity index (χ4v) is 1.10. The molecule has 2 nitrogen and oxygen atoms in total. The lowest BCUT2D eigenvalue weighted by Gasteiger charge is -1.95. The SMILES string of the molecule is [N]c1nccc2ccccc12. The Hall–Kier alpha value is -1.57. The van der Waals surface area contributed by atoms with Gasteiger partial charge >= 0.3 is 0 Å². The first kappa shape index (κ1) is 6.16. The van der Waals surface area contributed by atoms with E-state index in [-0.39, 0.29) is 5.82 Å². The summed E-state index contributed by atoms with van der Waals surface area (Å²) in [5.74, 6) is 0.100. The number of rotatable bonds is 0. The first-order chi connectivity index (χ1) is 5.38. The monoisotopic (exact) mass is 142 g/mol. The zero-order valence-electron chi connectivity index (χ0n) is 5.86. The van der Waals surface area contributed by atoms with Gasteiger partial charge in [0.15, 0.2) is 5.82 Å². The number of hydrogen-bond donors (Lipinski definition) is 0. The molecule has 0 fully saturated rings. The Kier molecular flexibility index (Phi) is 1.25. The minimum absolute atomic E-state index is 0.100. The lowest BCUT2D eigenvalue weighted by Crippen LogP contribution is -1.78. The van der Waals surface area contributed by atoms with E-state index in [1.54, 1.807) is 6.20 Å². The van der Waals surface area contributed by atoms with E-state index in [9.17, 15) is 5.73 Å². The van der Waals surface area contributed by atoms with Crippen molar-refractivity contribution < 1.29 is 0 Å². The summed E-state index contributed by atoms with van der Waals surface area (Å²) in [4.78, 5) is 3.76. The minimum Gasteiger partial charge on any atom is -0.235 e. The maximum Gasteiger partial charge on any atom is 0.182 e. The molecule has 0 aliphatic rings. The summed E-state index contributed by atoms with van der Waals surface area (Å²) >= 11 is 0. The highest BCUT2D eigenvalue weighted by atomic mass is 14.8. The molecule has 2 aromatic rings. The van der Waals surface area contributed by atoms with Crippen molar-refractivity contribution in [3.63, 3.8) is 0 Å². The van der Waals surface area contributed by atoms with E-state index >= 15 is 0 Å². The molecule has 0 N–H and O–H groups in total. The van der Waals surface area contributed by atoms with Crippen molar-refractivity contribution in [1.29, 1.82) is 0 Å². The molecule has 1 heterocycles. The number of pyridine rings is 1. The second kappa shape index (κ2) is 2.23. The summed E-state index contributed by atoms with van der Waals surface area (Å²) in [5.41, 5.74) is 9.26. The second-order valence-corrected chi connectivity index (χ2v) is 2.36. The van der Waals surface area contributed by atoms with E-state index in [0.717, 1.165) is 10.8 Å². The molecular formula is C9H6N2. The fourth-order valence-electron chi connectivity index (χ4n) is 1.10. The van der Waals surface area contributed by atoms with Gasteiger partial charge in [0.25, 0.3) is 0 Å². The van der Waals surface area contributed by atoms with Gasteiger partial charge in [-0.15, -0.1) is 5.73 Å². The molecule has 2 heteroatoms. The molecular weight excluding hydrogens is 136 g/mol. The highest BCUT2D eigenvalue weighted by Gasteiger charge is 1.96. The largest absolute Gasteiger partial charge is 0.235 e. The van der Waals surface area contributed by atoms with Gasteiger partial charge in [-0.25, -0.2) is 4.98 Å². The van der Waals surface area contributed by atoms with Gasteiger partial charge in [0.1, 0.15) is 0 Å². The van der Waals surface area contributed by atoms with E-state index < -0.39 is 0 Å². The van der Waals surface area contributed by atoms with Gasteiger partial charge in [-0.05, 0) is 11.5 Å².